The molecule has 0 fully saturated rings. The van der Waals surface area contributed by atoms with Gasteiger partial charge in [0.05, 0.1) is 16.7 Å². The predicted molar refractivity (Wildman–Crippen MR) is 81.2 cm³/mol. The second kappa shape index (κ2) is 6.74. The van der Waals surface area contributed by atoms with E-state index >= 15 is 0 Å². The SMILES string of the molecule is O=C(O)c1cccc(CCc2cccc(C(=O)O)c2C(=O)O)c1. The van der Waals surface area contributed by atoms with Crippen molar-refractivity contribution in [1.29, 1.82) is 0 Å². The predicted octanol–water partition coefficient (Wildman–Crippen LogP) is 2.57. The van der Waals surface area contributed by atoms with Gasteiger partial charge in [0.25, 0.3) is 0 Å². The fourth-order valence-corrected chi connectivity index (χ4v) is 2.38. The van der Waals surface area contributed by atoms with Crippen molar-refractivity contribution in [2.45, 2.75) is 12.8 Å². The molecule has 0 aliphatic rings. The number of hydrogen-bond acceptors (Lipinski definition) is 3. The highest BCUT2D eigenvalue weighted by Crippen LogP contribution is 2.18. The number of benzene rings is 2. The number of rotatable bonds is 6. The zero-order valence-electron chi connectivity index (χ0n) is 12.0. The highest BCUT2D eigenvalue weighted by atomic mass is 16.4. The molecule has 118 valence electrons. The summed E-state index contributed by atoms with van der Waals surface area (Å²) in [6, 6.07) is 10.7. The van der Waals surface area contributed by atoms with Crippen LogP contribution in [0, 0.1) is 0 Å². The Balaban J connectivity index is 2.29. The summed E-state index contributed by atoms with van der Waals surface area (Å²) in [7, 11) is 0. The Hall–Kier alpha value is -3.15. The standard InChI is InChI=1S/C17H14O6/c18-15(19)12-5-1-3-10(9-12)7-8-11-4-2-6-13(16(20)21)14(11)17(22)23/h1-6,9H,7-8H2,(H,18,19)(H,20,21)(H,22,23). The molecule has 0 heterocycles. The first kappa shape index (κ1) is 16.2. The second-order valence-electron chi connectivity index (χ2n) is 4.96. The third-order valence-corrected chi connectivity index (χ3v) is 3.45. The van der Waals surface area contributed by atoms with E-state index in [1.807, 2.05) is 0 Å². The molecule has 0 aliphatic heterocycles. The zero-order valence-corrected chi connectivity index (χ0v) is 12.0. The molecule has 0 atom stereocenters. The highest BCUT2D eigenvalue weighted by molar-refractivity contribution is 6.02. The van der Waals surface area contributed by atoms with E-state index in [0.717, 1.165) is 5.56 Å². The van der Waals surface area contributed by atoms with E-state index in [4.69, 9.17) is 10.2 Å². The van der Waals surface area contributed by atoms with Crippen LogP contribution in [0.5, 0.6) is 0 Å². The van der Waals surface area contributed by atoms with Crippen LogP contribution in [0.2, 0.25) is 0 Å². The van der Waals surface area contributed by atoms with Crippen molar-refractivity contribution in [3.8, 4) is 0 Å². The average molecular weight is 314 g/mol. The molecule has 6 nitrogen and oxygen atoms in total. The van der Waals surface area contributed by atoms with Gasteiger partial charge in [0.1, 0.15) is 0 Å². The minimum atomic E-state index is -1.29. The van der Waals surface area contributed by atoms with Gasteiger partial charge in [-0.05, 0) is 42.2 Å². The summed E-state index contributed by atoms with van der Waals surface area (Å²) in [5, 5.41) is 27.3. The molecule has 6 heteroatoms. The Morgan fingerprint density at radius 2 is 1.48 bits per heavy atom. The van der Waals surface area contributed by atoms with E-state index in [1.54, 1.807) is 18.2 Å². The Bertz CT molecular complexity index is 778. The van der Waals surface area contributed by atoms with Gasteiger partial charge in [0, 0.05) is 0 Å². The van der Waals surface area contributed by atoms with Gasteiger partial charge in [-0.2, -0.15) is 0 Å². The average Bonchev–Trinajstić information content (AvgIpc) is 2.52. The molecule has 0 aliphatic carbocycles. The monoisotopic (exact) mass is 314 g/mol. The van der Waals surface area contributed by atoms with Crippen molar-refractivity contribution in [2.75, 3.05) is 0 Å². The van der Waals surface area contributed by atoms with Crippen LogP contribution >= 0.6 is 0 Å². The van der Waals surface area contributed by atoms with Crippen LogP contribution in [0.25, 0.3) is 0 Å². The third-order valence-electron chi connectivity index (χ3n) is 3.45. The molecule has 0 aromatic heterocycles. The van der Waals surface area contributed by atoms with Crippen molar-refractivity contribution in [3.63, 3.8) is 0 Å². The lowest BCUT2D eigenvalue weighted by Crippen LogP contribution is -2.12. The summed E-state index contributed by atoms with van der Waals surface area (Å²) in [6.07, 6.45) is 0.705. The van der Waals surface area contributed by atoms with Crippen LogP contribution in [0.15, 0.2) is 42.5 Å². The van der Waals surface area contributed by atoms with Crippen LogP contribution in [-0.4, -0.2) is 33.2 Å². The fourth-order valence-electron chi connectivity index (χ4n) is 2.38. The first-order valence-corrected chi connectivity index (χ1v) is 6.81. The molecule has 0 unspecified atom stereocenters. The maximum absolute atomic E-state index is 11.4. The fraction of sp³-hybridized carbons (Fsp3) is 0.118. The van der Waals surface area contributed by atoms with Crippen molar-refractivity contribution < 1.29 is 29.7 Å². The van der Waals surface area contributed by atoms with E-state index in [0.29, 0.717) is 18.4 Å². The van der Waals surface area contributed by atoms with Crippen molar-refractivity contribution in [1.82, 2.24) is 0 Å². The number of aryl methyl sites for hydroxylation is 2. The zero-order chi connectivity index (χ0) is 17.0. The van der Waals surface area contributed by atoms with E-state index in [2.05, 4.69) is 0 Å². The van der Waals surface area contributed by atoms with E-state index in [-0.39, 0.29) is 16.7 Å². The summed E-state index contributed by atoms with van der Waals surface area (Å²) in [6.45, 7) is 0. The Morgan fingerprint density at radius 3 is 2.09 bits per heavy atom. The Labute approximate surface area is 131 Å². The summed E-state index contributed by atoms with van der Waals surface area (Å²) in [4.78, 5) is 33.5. The van der Waals surface area contributed by atoms with Crippen molar-refractivity contribution >= 4 is 17.9 Å². The van der Waals surface area contributed by atoms with Gasteiger partial charge in [0.2, 0.25) is 0 Å². The molecule has 23 heavy (non-hydrogen) atoms. The molecule has 2 aromatic carbocycles. The van der Waals surface area contributed by atoms with Gasteiger partial charge in [-0.1, -0.05) is 24.3 Å². The smallest absolute Gasteiger partial charge is 0.336 e. The Morgan fingerprint density at radius 1 is 0.783 bits per heavy atom. The first-order chi connectivity index (χ1) is 10.9. The lowest BCUT2D eigenvalue weighted by atomic mass is 9.95. The molecular formula is C17H14O6. The summed E-state index contributed by atoms with van der Waals surface area (Å²) >= 11 is 0. The summed E-state index contributed by atoms with van der Waals surface area (Å²) in [5.41, 5.74) is 0.809. The van der Waals surface area contributed by atoms with Gasteiger partial charge in [-0.25, -0.2) is 14.4 Å². The molecule has 0 saturated carbocycles. The van der Waals surface area contributed by atoms with Gasteiger partial charge in [0.15, 0.2) is 0 Å². The van der Waals surface area contributed by atoms with Crippen molar-refractivity contribution in [2.24, 2.45) is 0 Å². The third kappa shape index (κ3) is 3.74. The van der Waals surface area contributed by atoms with Crippen molar-refractivity contribution in [3.05, 3.63) is 70.3 Å². The maximum Gasteiger partial charge on any atom is 0.336 e. The van der Waals surface area contributed by atoms with E-state index < -0.39 is 17.9 Å². The molecule has 0 amide bonds. The normalized spacial score (nSPS) is 10.3. The van der Waals surface area contributed by atoms with Gasteiger partial charge in [-0.15, -0.1) is 0 Å². The minimum Gasteiger partial charge on any atom is -0.478 e. The van der Waals surface area contributed by atoms with Gasteiger partial charge >= 0.3 is 17.9 Å². The molecule has 2 rings (SSSR count). The lowest BCUT2D eigenvalue weighted by molar-refractivity contribution is 0.0650. The van der Waals surface area contributed by atoms with Gasteiger partial charge < -0.3 is 15.3 Å². The number of carboxylic acids is 3. The molecule has 0 spiro atoms. The number of aromatic carboxylic acids is 3. The topological polar surface area (TPSA) is 112 Å². The number of carbonyl (C=O) groups is 3. The molecule has 0 saturated heterocycles. The first-order valence-electron chi connectivity index (χ1n) is 6.81. The van der Waals surface area contributed by atoms with Gasteiger partial charge in [-0.3, -0.25) is 0 Å². The molecule has 3 N–H and O–H groups in total. The number of hydrogen-bond donors (Lipinski definition) is 3. The lowest BCUT2D eigenvalue weighted by Gasteiger charge is -2.09. The molecular weight excluding hydrogens is 300 g/mol. The van der Waals surface area contributed by atoms with E-state index in [1.165, 1.54) is 24.3 Å². The largest absolute Gasteiger partial charge is 0.478 e. The molecule has 0 bridgehead atoms. The quantitative estimate of drug-likeness (QED) is 0.755. The van der Waals surface area contributed by atoms with Crippen LogP contribution in [0.3, 0.4) is 0 Å². The molecule has 2 aromatic rings. The second-order valence-corrected chi connectivity index (χ2v) is 4.96. The highest BCUT2D eigenvalue weighted by Gasteiger charge is 2.19. The number of carboxylic acid groups (broad SMARTS) is 3. The van der Waals surface area contributed by atoms with Crippen LogP contribution < -0.4 is 0 Å². The minimum absolute atomic E-state index is 0.153. The van der Waals surface area contributed by atoms with Crippen LogP contribution in [-0.2, 0) is 12.8 Å². The summed E-state index contributed by atoms with van der Waals surface area (Å²) in [5.74, 6) is -3.62. The summed E-state index contributed by atoms with van der Waals surface area (Å²) < 4.78 is 0. The Kier molecular flexibility index (Phi) is 4.75. The maximum atomic E-state index is 11.4. The van der Waals surface area contributed by atoms with Crippen LogP contribution in [0.4, 0.5) is 0 Å². The van der Waals surface area contributed by atoms with Crippen LogP contribution in [0.1, 0.15) is 42.2 Å². The molecule has 0 radical (unpaired) electrons. The van der Waals surface area contributed by atoms with E-state index in [9.17, 15) is 19.5 Å².